The molecule has 1 aromatic carbocycles. The van der Waals surface area contributed by atoms with E-state index in [0.29, 0.717) is 41.0 Å². The maximum atomic E-state index is 9.64. The summed E-state index contributed by atoms with van der Waals surface area (Å²) in [5.41, 5.74) is 2.95. The van der Waals surface area contributed by atoms with E-state index in [1.807, 2.05) is 30.3 Å². The molecule has 0 amide bonds. The van der Waals surface area contributed by atoms with Gasteiger partial charge in [0.05, 0.1) is 20.8 Å². The van der Waals surface area contributed by atoms with Crippen LogP contribution >= 0.6 is 0 Å². The van der Waals surface area contributed by atoms with Gasteiger partial charge in [-0.05, 0) is 29.8 Å². The van der Waals surface area contributed by atoms with Gasteiger partial charge < -0.3 is 19.9 Å². The first-order chi connectivity index (χ1) is 14.2. The van der Waals surface area contributed by atoms with Crippen molar-refractivity contribution in [3.8, 4) is 22.9 Å². The summed E-state index contributed by atoms with van der Waals surface area (Å²) in [5, 5.41) is 17.5. The topological polar surface area (TPSA) is 107 Å². The first-order valence-electron chi connectivity index (χ1n) is 8.94. The maximum absolute atomic E-state index is 9.64. The van der Waals surface area contributed by atoms with Gasteiger partial charge in [0, 0.05) is 36.3 Å². The predicted octanol–water partition coefficient (Wildman–Crippen LogP) is 2.31. The second-order valence-electron chi connectivity index (χ2n) is 6.21. The van der Waals surface area contributed by atoms with E-state index in [4.69, 9.17) is 9.47 Å². The maximum Gasteiger partial charge on any atom is 0.226 e. The van der Waals surface area contributed by atoms with Gasteiger partial charge in [-0.2, -0.15) is 4.52 Å². The van der Waals surface area contributed by atoms with Crippen molar-refractivity contribution in [1.29, 1.82) is 0 Å². The zero-order chi connectivity index (χ0) is 20.2. The summed E-state index contributed by atoms with van der Waals surface area (Å²) in [5.74, 6) is 2.37. The zero-order valence-electron chi connectivity index (χ0n) is 16.0. The Morgan fingerprint density at radius 2 is 1.86 bits per heavy atom. The third kappa shape index (κ3) is 3.67. The molecule has 0 saturated carbocycles. The van der Waals surface area contributed by atoms with E-state index < -0.39 is 0 Å². The Morgan fingerprint density at radius 3 is 2.59 bits per heavy atom. The van der Waals surface area contributed by atoms with Crippen LogP contribution in [-0.2, 0) is 13.2 Å². The van der Waals surface area contributed by atoms with Gasteiger partial charge in [0.25, 0.3) is 0 Å². The third-order valence-electron chi connectivity index (χ3n) is 4.45. The zero-order valence-corrected chi connectivity index (χ0v) is 16.0. The van der Waals surface area contributed by atoms with E-state index in [2.05, 4.69) is 25.4 Å². The highest BCUT2D eigenvalue weighted by Crippen LogP contribution is 2.28. The van der Waals surface area contributed by atoms with Crippen LogP contribution < -0.4 is 14.8 Å². The first kappa shape index (κ1) is 18.6. The quantitative estimate of drug-likeness (QED) is 0.493. The lowest BCUT2D eigenvalue weighted by molar-refractivity contribution is 0.282. The summed E-state index contributed by atoms with van der Waals surface area (Å²) in [6.07, 6.45) is 4.96. The molecule has 0 atom stereocenters. The molecule has 0 aliphatic rings. The van der Waals surface area contributed by atoms with E-state index in [-0.39, 0.29) is 6.61 Å². The molecule has 148 valence electrons. The van der Waals surface area contributed by atoms with E-state index in [0.717, 1.165) is 11.1 Å². The smallest absolute Gasteiger partial charge is 0.226 e. The number of benzene rings is 1. The Kier molecular flexibility index (Phi) is 5.21. The molecule has 0 spiro atoms. The van der Waals surface area contributed by atoms with Crippen molar-refractivity contribution in [2.75, 3.05) is 19.5 Å². The summed E-state index contributed by atoms with van der Waals surface area (Å²) in [7, 11) is 3.20. The van der Waals surface area contributed by atoms with Crippen LogP contribution in [-0.4, -0.2) is 43.9 Å². The Morgan fingerprint density at radius 1 is 1.07 bits per heavy atom. The Labute approximate surface area is 167 Å². The second kappa shape index (κ2) is 8.11. The number of hydrogen-bond donors (Lipinski definition) is 2. The molecule has 0 radical (unpaired) electrons. The molecule has 0 unspecified atom stereocenters. The van der Waals surface area contributed by atoms with Crippen molar-refractivity contribution in [3.63, 3.8) is 0 Å². The Balaban J connectivity index is 1.66. The number of methoxy groups -OCH3 is 2. The molecule has 0 fully saturated rings. The van der Waals surface area contributed by atoms with Gasteiger partial charge in [0.1, 0.15) is 0 Å². The van der Waals surface area contributed by atoms with E-state index in [9.17, 15) is 5.11 Å². The number of aromatic nitrogens is 5. The fourth-order valence-electron chi connectivity index (χ4n) is 2.95. The summed E-state index contributed by atoms with van der Waals surface area (Å²) in [4.78, 5) is 13.0. The van der Waals surface area contributed by atoms with Crippen molar-refractivity contribution >= 4 is 11.6 Å². The molecule has 9 heteroatoms. The van der Waals surface area contributed by atoms with Crippen molar-refractivity contribution in [1.82, 2.24) is 24.6 Å². The SMILES string of the molecule is COc1ccc(CNc2ncc(CO)c3nc(-c4ccncc4)nn23)cc1OC. The van der Waals surface area contributed by atoms with Crippen LogP contribution in [0, 0.1) is 0 Å². The van der Waals surface area contributed by atoms with Crippen LogP contribution in [0.1, 0.15) is 11.1 Å². The van der Waals surface area contributed by atoms with Crippen molar-refractivity contribution in [3.05, 3.63) is 60.0 Å². The number of nitrogens with zero attached hydrogens (tertiary/aromatic N) is 5. The summed E-state index contributed by atoms with van der Waals surface area (Å²) in [6, 6.07) is 9.35. The standard InChI is InChI=1S/C20H20N6O3/c1-28-16-4-3-13(9-17(16)29-2)10-22-20-23-11-15(12-27)19-24-18(25-26(19)20)14-5-7-21-8-6-14/h3-9,11,27H,10,12H2,1-2H3,(H,22,23). The minimum Gasteiger partial charge on any atom is -0.493 e. The minimum atomic E-state index is -0.180. The number of ether oxygens (including phenoxy) is 2. The molecular weight excluding hydrogens is 372 g/mol. The number of aliphatic hydroxyl groups is 1. The summed E-state index contributed by atoms with van der Waals surface area (Å²) < 4.78 is 12.2. The molecular formula is C20H20N6O3. The van der Waals surface area contributed by atoms with Gasteiger partial charge in [-0.1, -0.05) is 6.07 Å². The molecule has 9 nitrogen and oxygen atoms in total. The highest BCUT2D eigenvalue weighted by molar-refractivity contribution is 5.61. The van der Waals surface area contributed by atoms with Gasteiger partial charge in [-0.15, -0.1) is 5.10 Å². The van der Waals surface area contributed by atoms with Crippen molar-refractivity contribution in [2.45, 2.75) is 13.2 Å². The average Bonchev–Trinajstić information content (AvgIpc) is 3.23. The highest BCUT2D eigenvalue weighted by atomic mass is 16.5. The lowest BCUT2D eigenvalue weighted by atomic mass is 10.2. The molecule has 0 bridgehead atoms. The molecule has 0 saturated heterocycles. The fourth-order valence-corrected chi connectivity index (χ4v) is 2.95. The van der Waals surface area contributed by atoms with E-state index in [1.165, 1.54) is 0 Å². The Bertz CT molecular complexity index is 1130. The highest BCUT2D eigenvalue weighted by Gasteiger charge is 2.14. The number of pyridine rings is 1. The molecule has 29 heavy (non-hydrogen) atoms. The predicted molar refractivity (Wildman–Crippen MR) is 107 cm³/mol. The molecule has 2 N–H and O–H groups in total. The monoisotopic (exact) mass is 392 g/mol. The minimum absolute atomic E-state index is 0.180. The van der Waals surface area contributed by atoms with Gasteiger partial charge in [-0.25, -0.2) is 9.97 Å². The van der Waals surface area contributed by atoms with Crippen molar-refractivity contribution < 1.29 is 14.6 Å². The number of fused-ring (bicyclic) bond motifs is 1. The average molecular weight is 392 g/mol. The van der Waals surface area contributed by atoms with E-state index in [1.54, 1.807) is 37.3 Å². The molecule has 3 aromatic heterocycles. The molecule has 4 aromatic rings. The van der Waals surface area contributed by atoms with E-state index >= 15 is 0 Å². The normalized spacial score (nSPS) is 10.9. The van der Waals surface area contributed by atoms with Gasteiger partial charge in [0.15, 0.2) is 23.0 Å². The fraction of sp³-hybridized carbons (Fsp3) is 0.200. The second-order valence-corrected chi connectivity index (χ2v) is 6.21. The third-order valence-corrected chi connectivity index (χ3v) is 4.45. The van der Waals surface area contributed by atoms with Crippen LogP contribution in [0.15, 0.2) is 48.9 Å². The molecule has 4 rings (SSSR count). The first-order valence-corrected chi connectivity index (χ1v) is 8.94. The number of hydrogen-bond acceptors (Lipinski definition) is 8. The van der Waals surface area contributed by atoms with Crippen LogP contribution in [0.2, 0.25) is 0 Å². The lowest BCUT2D eigenvalue weighted by Crippen LogP contribution is -2.09. The lowest BCUT2D eigenvalue weighted by Gasteiger charge is -2.11. The Hall–Kier alpha value is -3.72. The van der Waals surface area contributed by atoms with Crippen molar-refractivity contribution in [2.24, 2.45) is 0 Å². The van der Waals surface area contributed by atoms with Gasteiger partial charge in [-0.3, -0.25) is 4.98 Å². The largest absolute Gasteiger partial charge is 0.493 e. The van der Waals surface area contributed by atoms with Gasteiger partial charge in [0.2, 0.25) is 5.95 Å². The molecule has 3 heterocycles. The van der Waals surface area contributed by atoms with Crippen LogP contribution in [0.25, 0.3) is 17.0 Å². The molecule has 0 aliphatic heterocycles. The van der Waals surface area contributed by atoms with Crippen LogP contribution in [0.3, 0.4) is 0 Å². The van der Waals surface area contributed by atoms with Crippen LogP contribution in [0.5, 0.6) is 11.5 Å². The number of anilines is 1. The van der Waals surface area contributed by atoms with Crippen LogP contribution in [0.4, 0.5) is 5.95 Å². The number of aliphatic hydroxyl groups excluding tert-OH is 1. The number of rotatable bonds is 7. The summed E-state index contributed by atoms with van der Waals surface area (Å²) >= 11 is 0. The number of nitrogens with one attached hydrogen (secondary N) is 1. The molecule has 0 aliphatic carbocycles. The summed E-state index contributed by atoms with van der Waals surface area (Å²) in [6.45, 7) is 0.312. The van der Waals surface area contributed by atoms with Gasteiger partial charge >= 0.3 is 0 Å².